The highest BCUT2D eigenvalue weighted by Gasteiger charge is 2.05. The molecule has 2 heteroatoms. The minimum Gasteiger partial charge on any atom is -0.327 e. The lowest BCUT2D eigenvalue weighted by Crippen LogP contribution is -2.21. The van der Waals surface area contributed by atoms with E-state index >= 15 is 0 Å². The summed E-state index contributed by atoms with van der Waals surface area (Å²) in [5, 5.41) is 2.72. The Morgan fingerprint density at radius 1 is 1.54 bits per heavy atom. The van der Waals surface area contributed by atoms with Crippen LogP contribution in [0.4, 0.5) is 0 Å². The van der Waals surface area contributed by atoms with Crippen molar-refractivity contribution < 1.29 is 4.79 Å². The van der Waals surface area contributed by atoms with Crippen molar-refractivity contribution in [2.24, 2.45) is 5.92 Å². The third kappa shape index (κ3) is 3.74. The molecule has 0 aromatic heterocycles. The first kappa shape index (κ1) is 9.78. The zero-order valence-electron chi connectivity index (χ0n) is 7.92. The molecule has 1 aliphatic rings. The molecule has 1 N–H and O–H groups in total. The number of carbonyl (C=O) groups excluding carboxylic acids is 1. The Labute approximate surface area is 79.0 Å². The normalized spacial score (nSPS) is 29.2. The van der Waals surface area contributed by atoms with Gasteiger partial charge in [0.05, 0.1) is 0 Å². The molecular weight excluding hydrogens is 162 g/mol. The van der Waals surface area contributed by atoms with Crippen LogP contribution >= 0.6 is 0 Å². The smallest absolute Gasteiger partial charge is 0.224 e. The van der Waals surface area contributed by atoms with E-state index in [1.54, 1.807) is 6.08 Å². The van der Waals surface area contributed by atoms with E-state index in [0.29, 0.717) is 18.0 Å². The molecular formula is C11H15NO. The number of hydrogen-bond acceptors (Lipinski definition) is 1. The molecule has 0 fully saturated rings. The molecule has 1 aliphatic heterocycles. The average Bonchev–Trinajstić information content (AvgIpc) is 2.08. The molecule has 1 unspecified atom stereocenters. The standard InChI is InChI=1S/C11H15NO/c1-9-5-3-4-6-10(2)12-11(13)8-7-9/h3-6,9H,2,7-8H2,1H3,(H,12,13)/b5-3-,6-4-. The van der Waals surface area contributed by atoms with Gasteiger partial charge in [-0.2, -0.15) is 0 Å². The van der Waals surface area contributed by atoms with Crippen molar-refractivity contribution in [2.75, 3.05) is 0 Å². The first-order valence-electron chi connectivity index (χ1n) is 4.52. The van der Waals surface area contributed by atoms with Crippen LogP contribution in [0.5, 0.6) is 0 Å². The molecule has 0 aliphatic carbocycles. The third-order valence-corrected chi connectivity index (χ3v) is 1.97. The summed E-state index contributed by atoms with van der Waals surface area (Å²) in [7, 11) is 0. The topological polar surface area (TPSA) is 29.1 Å². The van der Waals surface area contributed by atoms with E-state index in [1.807, 2.05) is 12.2 Å². The third-order valence-electron chi connectivity index (χ3n) is 1.97. The van der Waals surface area contributed by atoms with Crippen LogP contribution in [0.3, 0.4) is 0 Å². The molecule has 0 aromatic rings. The van der Waals surface area contributed by atoms with E-state index in [4.69, 9.17) is 0 Å². The van der Waals surface area contributed by atoms with E-state index in [2.05, 4.69) is 24.9 Å². The molecule has 1 heterocycles. The van der Waals surface area contributed by atoms with Crippen LogP contribution in [0.2, 0.25) is 0 Å². The zero-order valence-corrected chi connectivity index (χ0v) is 7.92. The molecule has 0 aromatic carbocycles. The van der Waals surface area contributed by atoms with Gasteiger partial charge in [-0.3, -0.25) is 4.79 Å². The molecule has 0 spiro atoms. The van der Waals surface area contributed by atoms with Gasteiger partial charge < -0.3 is 5.32 Å². The number of carbonyl (C=O) groups is 1. The van der Waals surface area contributed by atoms with Gasteiger partial charge in [0, 0.05) is 12.1 Å². The fraction of sp³-hybridized carbons (Fsp3) is 0.364. The summed E-state index contributed by atoms with van der Waals surface area (Å²) < 4.78 is 0. The number of amides is 1. The van der Waals surface area contributed by atoms with Crippen molar-refractivity contribution in [1.29, 1.82) is 0 Å². The van der Waals surface area contributed by atoms with Crippen LogP contribution in [0.1, 0.15) is 19.8 Å². The number of nitrogens with one attached hydrogen (secondary N) is 1. The lowest BCUT2D eigenvalue weighted by Gasteiger charge is -2.08. The van der Waals surface area contributed by atoms with Crippen molar-refractivity contribution >= 4 is 5.91 Å². The van der Waals surface area contributed by atoms with Crippen molar-refractivity contribution in [3.63, 3.8) is 0 Å². The van der Waals surface area contributed by atoms with Crippen molar-refractivity contribution in [1.82, 2.24) is 5.32 Å². The Morgan fingerprint density at radius 2 is 2.31 bits per heavy atom. The first-order valence-corrected chi connectivity index (χ1v) is 4.52. The molecule has 2 nitrogen and oxygen atoms in total. The fourth-order valence-corrected chi connectivity index (χ4v) is 1.16. The van der Waals surface area contributed by atoms with Gasteiger partial charge in [-0.05, 0) is 18.4 Å². The summed E-state index contributed by atoms with van der Waals surface area (Å²) in [6.07, 6.45) is 9.24. The van der Waals surface area contributed by atoms with Gasteiger partial charge >= 0.3 is 0 Å². The molecule has 70 valence electrons. The van der Waals surface area contributed by atoms with Gasteiger partial charge in [0.25, 0.3) is 0 Å². The van der Waals surface area contributed by atoms with Crippen LogP contribution in [-0.2, 0) is 4.79 Å². The predicted molar refractivity (Wildman–Crippen MR) is 54.0 cm³/mol. The summed E-state index contributed by atoms with van der Waals surface area (Å²) in [6.45, 7) is 5.81. The molecule has 1 rings (SSSR count). The van der Waals surface area contributed by atoms with Crippen LogP contribution < -0.4 is 5.32 Å². The Hall–Kier alpha value is -1.31. The molecule has 1 amide bonds. The lowest BCUT2D eigenvalue weighted by molar-refractivity contribution is -0.120. The van der Waals surface area contributed by atoms with Gasteiger partial charge in [0.1, 0.15) is 0 Å². The summed E-state index contributed by atoms with van der Waals surface area (Å²) in [4.78, 5) is 11.2. The van der Waals surface area contributed by atoms with Gasteiger partial charge in [0.15, 0.2) is 0 Å². The van der Waals surface area contributed by atoms with E-state index in [1.165, 1.54) is 0 Å². The van der Waals surface area contributed by atoms with Crippen LogP contribution in [0.25, 0.3) is 0 Å². The van der Waals surface area contributed by atoms with E-state index in [0.717, 1.165) is 6.42 Å². The molecule has 13 heavy (non-hydrogen) atoms. The summed E-state index contributed by atoms with van der Waals surface area (Å²) in [6, 6.07) is 0. The first-order chi connectivity index (χ1) is 6.18. The van der Waals surface area contributed by atoms with E-state index < -0.39 is 0 Å². The zero-order chi connectivity index (χ0) is 9.68. The predicted octanol–water partition coefficient (Wildman–Crippen LogP) is 2.16. The van der Waals surface area contributed by atoms with Gasteiger partial charge in [-0.1, -0.05) is 31.7 Å². The Balaban J connectivity index is 2.67. The quantitative estimate of drug-likeness (QED) is 0.603. The highest BCUT2D eigenvalue weighted by atomic mass is 16.1. The maximum atomic E-state index is 11.2. The van der Waals surface area contributed by atoms with Crippen LogP contribution in [0, 0.1) is 5.92 Å². The van der Waals surface area contributed by atoms with Crippen molar-refractivity contribution in [3.05, 3.63) is 36.6 Å². The molecule has 0 saturated heterocycles. The second-order valence-electron chi connectivity index (χ2n) is 3.33. The van der Waals surface area contributed by atoms with Gasteiger partial charge in [0.2, 0.25) is 5.91 Å². The Bertz CT molecular complexity index is 263. The maximum absolute atomic E-state index is 11.2. The molecule has 0 radical (unpaired) electrons. The largest absolute Gasteiger partial charge is 0.327 e. The summed E-state index contributed by atoms with van der Waals surface area (Å²) >= 11 is 0. The molecule has 0 bridgehead atoms. The Morgan fingerprint density at radius 3 is 3.08 bits per heavy atom. The summed E-state index contributed by atoms with van der Waals surface area (Å²) in [5.74, 6) is 0.513. The van der Waals surface area contributed by atoms with Crippen molar-refractivity contribution in [3.8, 4) is 0 Å². The maximum Gasteiger partial charge on any atom is 0.224 e. The highest BCUT2D eigenvalue weighted by molar-refractivity contribution is 5.78. The van der Waals surface area contributed by atoms with E-state index in [9.17, 15) is 4.79 Å². The van der Waals surface area contributed by atoms with Gasteiger partial charge in [-0.25, -0.2) is 0 Å². The minimum atomic E-state index is 0.0526. The van der Waals surface area contributed by atoms with Crippen LogP contribution in [0.15, 0.2) is 36.6 Å². The second-order valence-corrected chi connectivity index (χ2v) is 3.33. The van der Waals surface area contributed by atoms with Gasteiger partial charge in [-0.15, -0.1) is 0 Å². The summed E-state index contributed by atoms with van der Waals surface area (Å²) in [5.41, 5.74) is 0.657. The number of rotatable bonds is 0. The molecule has 1 atom stereocenters. The monoisotopic (exact) mass is 177 g/mol. The average molecular weight is 177 g/mol. The van der Waals surface area contributed by atoms with Crippen molar-refractivity contribution in [2.45, 2.75) is 19.8 Å². The molecule has 0 saturated carbocycles. The second kappa shape index (κ2) is 4.65. The van der Waals surface area contributed by atoms with E-state index in [-0.39, 0.29) is 5.91 Å². The minimum absolute atomic E-state index is 0.0526. The number of allylic oxidation sites excluding steroid dienone is 4. The highest BCUT2D eigenvalue weighted by Crippen LogP contribution is 2.08. The fourth-order valence-electron chi connectivity index (χ4n) is 1.16. The number of hydrogen-bond donors (Lipinski definition) is 1. The van der Waals surface area contributed by atoms with Crippen LogP contribution in [-0.4, -0.2) is 5.91 Å². The lowest BCUT2D eigenvalue weighted by atomic mass is 10.0. The Kier molecular flexibility index (Phi) is 3.50. The SMILES string of the molecule is C=C1/C=C\C=C/C(C)CCC(=O)N1.